The minimum Gasteiger partial charge on any atom is -0.494 e. The Morgan fingerprint density at radius 1 is 1.00 bits per heavy atom. The van der Waals surface area contributed by atoms with Gasteiger partial charge in [-0.3, -0.25) is 10.1 Å². The van der Waals surface area contributed by atoms with Crippen molar-refractivity contribution in [3.63, 3.8) is 0 Å². The van der Waals surface area contributed by atoms with Crippen LogP contribution in [0.2, 0.25) is 0 Å². The first-order valence-electron chi connectivity index (χ1n) is 10.00. The molecule has 1 aromatic carbocycles. The smallest absolute Gasteiger partial charge is 0.271 e. The third-order valence-corrected chi connectivity index (χ3v) is 3.98. The van der Waals surface area contributed by atoms with Gasteiger partial charge in [-0.25, -0.2) is 24.8 Å². The number of benzene rings is 1. The van der Waals surface area contributed by atoms with Gasteiger partial charge in [0.25, 0.3) is 5.69 Å². The van der Waals surface area contributed by atoms with Gasteiger partial charge in [-0.2, -0.15) is 4.99 Å². The molecule has 1 aromatic rings. The number of non-ortho nitro benzene ring substituents is 1. The van der Waals surface area contributed by atoms with Crippen LogP contribution in [0.5, 0.6) is 5.75 Å². The minimum atomic E-state index is -0.580. The molecule has 1 rings (SSSR count). The standard InChI is InChI=1S/C12H23NO.C8H6N2O4.CHNO/c1-2-3-4-5-6-7-8-9-10-11-13-12-14;1-14-8-3-2-6(10(12)13)4-7(8)9-5-11;2-1-3/h2-11H2,1H3;2-4H,1H3;2H. The number of nitro benzene ring substituents is 1. The van der Waals surface area contributed by atoms with E-state index in [-0.39, 0.29) is 11.4 Å². The molecule has 0 unspecified atom stereocenters. The molecular weight excluding hydrogens is 404 g/mol. The first-order valence-corrected chi connectivity index (χ1v) is 10.00. The Morgan fingerprint density at radius 3 is 2.00 bits per heavy atom. The molecule has 0 heterocycles. The summed E-state index contributed by atoms with van der Waals surface area (Å²) in [7, 11) is 1.38. The van der Waals surface area contributed by atoms with Crippen molar-refractivity contribution >= 4 is 29.6 Å². The van der Waals surface area contributed by atoms with Gasteiger partial charge < -0.3 is 4.74 Å². The van der Waals surface area contributed by atoms with E-state index in [2.05, 4.69) is 16.9 Å². The molecule has 0 aliphatic rings. The zero-order chi connectivity index (χ0) is 23.7. The maximum atomic E-state index is 10.4. The second-order valence-electron chi connectivity index (χ2n) is 6.22. The fraction of sp³-hybridized carbons (Fsp3) is 0.571. The highest BCUT2D eigenvalue weighted by atomic mass is 16.6. The Balaban J connectivity index is 0. The molecule has 0 saturated carbocycles. The molecule has 0 saturated heterocycles. The summed E-state index contributed by atoms with van der Waals surface area (Å²) in [5.74, 6) is 0.291. The van der Waals surface area contributed by atoms with E-state index < -0.39 is 4.92 Å². The largest absolute Gasteiger partial charge is 0.494 e. The Hall–Kier alpha value is -3.44. The van der Waals surface area contributed by atoms with E-state index in [0.717, 1.165) is 18.6 Å². The molecule has 10 heteroatoms. The third-order valence-electron chi connectivity index (χ3n) is 3.98. The highest BCUT2D eigenvalue weighted by Gasteiger charge is 2.10. The summed E-state index contributed by atoms with van der Waals surface area (Å²) >= 11 is 0. The molecule has 1 N–H and O–H groups in total. The average molecular weight is 434 g/mol. The van der Waals surface area contributed by atoms with Crippen LogP contribution in [0, 0.1) is 15.5 Å². The predicted molar refractivity (Wildman–Crippen MR) is 116 cm³/mol. The Kier molecular flexibility index (Phi) is 21.9. The van der Waals surface area contributed by atoms with E-state index in [1.807, 2.05) is 0 Å². The van der Waals surface area contributed by atoms with Crippen molar-refractivity contribution in [2.45, 2.75) is 64.7 Å². The first kappa shape index (κ1) is 29.8. The van der Waals surface area contributed by atoms with Gasteiger partial charge in [-0.1, -0.05) is 58.3 Å². The molecule has 0 fully saturated rings. The molecule has 0 spiro atoms. The van der Waals surface area contributed by atoms with Crippen molar-refractivity contribution in [3.8, 4) is 5.75 Å². The molecule has 31 heavy (non-hydrogen) atoms. The van der Waals surface area contributed by atoms with Crippen LogP contribution in [-0.4, -0.2) is 36.8 Å². The van der Waals surface area contributed by atoms with Gasteiger partial charge in [0.05, 0.1) is 18.6 Å². The molecule has 0 bridgehead atoms. The zero-order valence-corrected chi connectivity index (χ0v) is 18.1. The van der Waals surface area contributed by atoms with Gasteiger partial charge in [0.2, 0.25) is 18.2 Å². The van der Waals surface area contributed by atoms with Crippen LogP contribution in [-0.2, 0) is 14.4 Å². The van der Waals surface area contributed by atoms with Crippen LogP contribution in [0.1, 0.15) is 64.7 Å². The normalized spacial score (nSPS) is 8.71. The monoisotopic (exact) mass is 434 g/mol. The van der Waals surface area contributed by atoms with Crippen LogP contribution < -0.4 is 4.74 Å². The third kappa shape index (κ3) is 18.3. The van der Waals surface area contributed by atoms with E-state index in [9.17, 15) is 19.7 Å². The number of rotatable bonds is 13. The van der Waals surface area contributed by atoms with E-state index in [1.54, 1.807) is 6.08 Å². The number of isocyanates is 3. The fourth-order valence-corrected chi connectivity index (χ4v) is 2.48. The van der Waals surface area contributed by atoms with E-state index in [0.29, 0.717) is 12.3 Å². The topological polar surface area (TPSA) is 152 Å². The summed E-state index contributed by atoms with van der Waals surface area (Å²) in [6.45, 7) is 2.91. The van der Waals surface area contributed by atoms with Gasteiger partial charge in [0.1, 0.15) is 11.4 Å². The second-order valence-corrected chi connectivity index (χ2v) is 6.22. The summed E-state index contributed by atoms with van der Waals surface area (Å²) in [6, 6.07) is 3.78. The number of carbonyl (C=O) groups excluding carboxylic acids is 3. The lowest BCUT2D eigenvalue weighted by molar-refractivity contribution is -0.384. The number of methoxy groups -OCH3 is 1. The molecule has 0 aromatic heterocycles. The fourth-order valence-electron chi connectivity index (χ4n) is 2.48. The SMILES string of the molecule is CCCCCCCCCCCN=C=O.COc1ccc([N+](=O)[O-])cc1N=C=O.N=C=O. The number of hydrogen-bond acceptors (Lipinski definition) is 9. The molecule has 170 valence electrons. The Morgan fingerprint density at radius 2 is 1.55 bits per heavy atom. The lowest BCUT2D eigenvalue weighted by Crippen LogP contribution is -1.89. The quantitative estimate of drug-likeness (QED) is 0.146. The highest BCUT2D eigenvalue weighted by molar-refractivity contribution is 5.61. The summed E-state index contributed by atoms with van der Waals surface area (Å²) in [5.41, 5.74) is -0.0588. The average Bonchev–Trinajstić information content (AvgIpc) is 2.76. The number of hydrogen-bond donors (Lipinski definition) is 1. The molecule has 0 aliphatic carbocycles. The molecule has 10 nitrogen and oxygen atoms in total. The summed E-state index contributed by atoms with van der Waals surface area (Å²) in [4.78, 5) is 44.7. The first-order chi connectivity index (χ1) is 15.0. The molecule has 0 amide bonds. The van der Waals surface area contributed by atoms with Crippen molar-refractivity contribution in [2.24, 2.45) is 9.98 Å². The Bertz CT molecular complexity index is 750. The second kappa shape index (κ2) is 22.8. The van der Waals surface area contributed by atoms with Crippen LogP contribution in [0.4, 0.5) is 11.4 Å². The predicted octanol–water partition coefficient (Wildman–Crippen LogP) is 5.32. The number of nitrogens with one attached hydrogen (secondary N) is 1. The number of aliphatic imine (C=N–C) groups is 2. The minimum absolute atomic E-state index is 0.0942. The summed E-state index contributed by atoms with van der Waals surface area (Å²) in [5, 5.41) is 15.8. The Labute approximate surface area is 182 Å². The van der Waals surface area contributed by atoms with Gasteiger partial charge in [-0.05, 0) is 12.5 Å². The molecule has 0 atom stereocenters. The number of nitro groups is 1. The van der Waals surface area contributed by atoms with Gasteiger partial charge in [-0.15, -0.1) is 0 Å². The van der Waals surface area contributed by atoms with Gasteiger partial charge in [0, 0.05) is 12.1 Å². The van der Waals surface area contributed by atoms with Crippen molar-refractivity contribution in [3.05, 3.63) is 28.3 Å². The summed E-state index contributed by atoms with van der Waals surface area (Å²) < 4.78 is 4.84. The number of nitrogens with zero attached hydrogens (tertiary/aromatic N) is 3. The van der Waals surface area contributed by atoms with Crippen molar-refractivity contribution < 1.29 is 24.0 Å². The highest BCUT2D eigenvalue weighted by Crippen LogP contribution is 2.30. The maximum Gasteiger partial charge on any atom is 0.271 e. The molecule has 0 aliphatic heterocycles. The number of ether oxygens (including phenoxy) is 1. The van der Waals surface area contributed by atoms with Crippen LogP contribution in [0.25, 0.3) is 0 Å². The lowest BCUT2D eigenvalue weighted by Gasteiger charge is -2.01. The van der Waals surface area contributed by atoms with Gasteiger partial charge in [0.15, 0.2) is 0 Å². The van der Waals surface area contributed by atoms with E-state index in [1.165, 1.54) is 76.7 Å². The lowest BCUT2D eigenvalue weighted by atomic mass is 10.1. The molecule has 0 radical (unpaired) electrons. The summed E-state index contributed by atoms with van der Waals surface area (Å²) in [6.07, 6.45) is 15.4. The maximum absolute atomic E-state index is 10.4. The van der Waals surface area contributed by atoms with Crippen molar-refractivity contribution in [1.82, 2.24) is 0 Å². The number of unbranched alkanes of at least 4 members (excludes halogenated alkanes) is 8. The van der Waals surface area contributed by atoms with Crippen LogP contribution in [0.15, 0.2) is 28.2 Å². The van der Waals surface area contributed by atoms with Crippen molar-refractivity contribution in [1.29, 1.82) is 5.41 Å². The molecular formula is C21H30N4O6. The van der Waals surface area contributed by atoms with Crippen LogP contribution in [0.3, 0.4) is 0 Å². The van der Waals surface area contributed by atoms with Crippen LogP contribution >= 0.6 is 0 Å². The van der Waals surface area contributed by atoms with Crippen molar-refractivity contribution in [2.75, 3.05) is 13.7 Å². The van der Waals surface area contributed by atoms with Gasteiger partial charge >= 0.3 is 0 Å². The van der Waals surface area contributed by atoms with E-state index in [4.69, 9.17) is 14.9 Å². The van der Waals surface area contributed by atoms with E-state index >= 15 is 0 Å². The zero-order valence-electron chi connectivity index (χ0n) is 18.1.